The number of aryl methyl sites for hydroxylation is 3. The van der Waals surface area contributed by atoms with Gasteiger partial charge in [0.2, 0.25) is 0 Å². The molecule has 0 aliphatic carbocycles. The summed E-state index contributed by atoms with van der Waals surface area (Å²) in [5, 5.41) is 11.0. The van der Waals surface area contributed by atoms with Crippen LogP contribution in [-0.4, -0.2) is 18.2 Å². The van der Waals surface area contributed by atoms with Gasteiger partial charge < -0.3 is 5.32 Å². The predicted molar refractivity (Wildman–Crippen MR) is 270 cm³/mol. The van der Waals surface area contributed by atoms with Gasteiger partial charge in [-0.15, -0.1) is 0 Å². The SMILES string of the molecule is C=Nc1cc(-c2ccc3ccccc3c2)cnc1C.CC.CCc1ccc(-c2cc(C3=CNCC=C3)cc(-c3cc4ccccc4c4ccccc34)c2)cc1.Cc1ccccc1. The Kier molecular flexibility index (Phi) is 14.3. The van der Waals surface area contributed by atoms with Gasteiger partial charge in [0.15, 0.2) is 0 Å². The number of fused-ring (bicyclic) bond motifs is 4. The van der Waals surface area contributed by atoms with E-state index in [1.165, 1.54) is 76.8 Å². The van der Waals surface area contributed by atoms with E-state index >= 15 is 0 Å². The van der Waals surface area contributed by atoms with E-state index in [0.717, 1.165) is 35.5 Å². The predicted octanol–water partition coefficient (Wildman–Crippen LogP) is 16.0. The van der Waals surface area contributed by atoms with Crippen LogP contribution in [0, 0.1) is 13.8 Å². The van der Waals surface area contributed by atoms with Crippen LogP contribution in [-0.2, 0) is 6.42 Å². The summed E-state index contributed by atoms with van der Waals surface area (Å²) in [4.78, 5) is 8.38. The molecule has 0 unspecified atom stereocenters. The van der Waals surface area contributed by atoms with Crippen molar-refractivity contribution in [1.29, 1.82) is 0 Å². The van der Waals surface area contributed by atoms with Crippen LogP contribution in [0.3, 0.4) is 0 Å². The maximum absolute atomic E-state index is 4.37. The van der Waals surface area contributed by atoms with Gasteiger partial charge in [0, 0.05) is 24.5 Å². The van der Waals surface area contributed by atoms with E-state index in [1.807, 2.05) is 51.2 Å². The third-order valence-corrected chi connectivity index (χ3v) is 11.1. The highest BCUT2D eigenvalue weighted by molar-refractivity contribution is 6.14. The van der Waals surface area contributed by atoms with Gasteiger partial charge in [-0.1, -0.05) is 178 Å². The molecule has 0 spiro atoms. The molecule has 0 saturated carbocycles. The number of dihydropyridines is 1. The Hall–Kier alpha value is -7.36. The molecule has 2 heterocycles. The van der Waals surface area contributed by atoms with Crippen molar-refractivity contribution in [3.8, 4) is 33.4 Å². The van der Waals surface area contributed by atoms with Crippen molar-refractivity contribution in [3.05, 3.63) is 223 Å². The van der Waals surface area contributed by atoms with Crippen LogP contribution < -0.4 is 5.32 Å². The summed E-state index contributed by atoms with van der Waals surface area (Å²) in [6.45, 7) is 14.7. The smallest absolute Gasteiger partial charge is 0.0840 e. The number of nitrogens with zero attached hydrogens (tertiary/aromatic N) is 2. The van der Waals surface area contributed by atoms with Crippen molar-refractivity contribution in [2.45, 2.75) is 41.0 Å². The monoisotopic (exact) mass is 805 g/mol. The first-order valence-corrected chi connectivity index (χ1v) is 21.7. The number of benzene rings is 8. The fourth-order valence-electron chi connectivity index (χ4n) is 7.74. The summed E-state index contributed by atoms with van der Waals surface area (Å²) in [5.41, 5.74) is 14.1. The summed E-state index contributed by atoms with van der Waals surface area (Å²) in [6, 6.07) is 62.9. The van der Waals surface area contributed by atoms with Crippen LogP contribution >= 0.6 is 0 Å². The Morgan fingerprint density at radius 3 is 1.85 bits per heavy atom. The highest BCUT2D eigenvalue weighted by atomic mass is 14.8. The summed E-state index contributed by atoms with van der Waals surface area (Å²) in [7, 11) is 0. The van der Waals surface area contributed by atoms with Crippen LogP contribution in [0.1, 0.15) is 43.2 Å². The summed E-state index contributed by atoms with van der Waals surface area (Å²) in [6.07, 6.45) is 9.47. The minimum absolute atomic E-state index is 0.839. The van der Waals surface area contributed by atoms with Gasteiger partial charge in [0.25, 0.3) is 0 Å². The lowest BCUT2D eigenvalue weighted by molar-refractivity contribution is 0.976. The van der Waals surface area contributed by atoms with E-state index in [9.17, 15) is 0 Å². The molecule has 1 aliphatic rings. The number of allylic oxidation sites excluding steroid dienone is 2. The molecule has 8 aromatic carbocycles. The molecule has 0 saturated heterocycles. The van der Waals surface area contributed by atoms with Crippen LogP contribution in [0.15, 0.2) is 205 Å². The molecular formula is C59H55N3. The molecule has 62 heavy (non-hydrogen) atoms. The third-order valence-electron chi connectivity index (χ3n) is 11.1. The first-order chi connectivity index (χ1) is 30.5. The molecule has 0 amide bonds. The van der Waals surface area contributed by atoms with Gasteiger partial charge in [0.05, 0.1) is 11.4 Å². The van der Waals surface area contributed by atoms with Crippen LogP contribution in [0.4, 0.5) is 5.69 Å². The highest BCUT2D eigenvalue weighted by Gasteiger charge is 2.13. The Morgan fingerprint density at radius 1 is 0.548 bits per heavy atom. The largest absolute Gasteiger partial charge is 0.387 e. The zero-order valence-corrected chi connectivity index (χ0v) is 36.6. The van der Waals surface area contributed by atoms with Crippen molar-refractivity contribution in [3.63, 3.8) is 0 Å². The molecular weight excluding hydrogens is 751 g/mol. The zero-order valence-electron chi connectivity index (χ0n) is 36.6. The Balaban J connectivity index is 0.000000172. The van der Waals surface area contributed by atoms with Gasteiger partial charge in [-0.05, 0) is 140 Å². The van der Waals surface area contributed by atoms with Gasteiger partial charge >= 0.3 is 0 Å². The normalized spacial score (nSPS) is 11.5. The number of rotatable bonds is 6. The third kappa shape index (κ3) is 10.1. The van der Waals surface area contributed by atoms with E-state index in [2.05, 4.69) is 206 Å². The topological polar surface area (TPSA) is 37.3 Å². The standard InChI is InChI=1S/C33H27N.C17H14N2.C7H8.C2H6/c1-2-23-13-15-24(16-14-23)27-18-28(26-9-7-17-34-22-26)20-29(19-27)33-21-25-8-3-4-10-30(25)31-11-5-6-12-32(31)33;1-12-17(18-2)10-16(11-19-12)15-8-7-13-5-3-4-6-14(13)9-15;1-7-5-3-2-4-6-7;1-2/h3-16,18-22,34H,2,17H2,1H3;3-11H,2H2,1H3;2-6H,1H3;1-2H3. The van der Waals surface area contributed by atoms with Crippen molar-refractivity contribution in [2.24, 2.45) is 4.99 Å². The second-order valence-corrected chi connectivity index (χ2v) is 15.2. The Bertz CT molecular complexity index is 2990. The first kappa shape index (κ1) is 42.8. The number of nitrogens with one attached hydrogen (secondary N) is 1. The van der Waals surface area contributed by atoms with Crippen LogP contribution in [0.2, 0.25) is 0 Å². The van der Waals surface area contributed by atoms with Crippen molar-refractivity contribution < 1.29 is 0 Å². The molecule has 0 radical (unpaired) electrons. The molecule has 1 aromatic heterocycles. The molecule has 0 bridgehead atoms. The van der Waals surface area contributed by atoms with Crippen molar-refractivity contribution in [1.82, 2.24) is 10.3 Å². The van der Waals surface area contributed by atoms with Crippen LogP contribution in [0.25, 0.3) is 71.3 Å². The van der Waals surface area contributed by atoms with E-state index in [4.69, 9.17) is 0 Å². The fourth-order valence-corrected chi connectivity index (χ4v) is 7.74. The molecule has 1 aliphatic heterocycles. The van der Waals surface area contributed by atoms with E-state index < -0.39 is 0 Å². The van der Waals surface area contributed by atoms with Gasteiger partial charge in [-0.2, -0.15) is 0 Å². The molecule has 0 fully saturated rings. The number of hydrogen-bond donors (Lipinski definition) is 1. The van der Waals surface area contributed by atoms with Gasteiger partial charge in [-0.3, -0.25) is 9.98 Å². The molecule has 9 aromatic rings. The zero-order chi connectivity index (χ0) is 43.3. The molecule has 306 valence electrons. The molecule has 3 heteroatoms. The molecule has 0 atom stereocenters. The van der Waals surface area contributed by atoms with E-state index in [0.29, 0.717) is 0 Å². The van der Waals surface area contributed by atoms with Crippen molar-refractivity contribution >= 4 is 50.3 Å². The number of aromatic nitrogens is 1. The second-order valence-electron chi connectivity index (χ2n) is 15.2. The average Bonchev–Trinajstić information content (AvgIpc) is 3.35. The highest BCUT2D eigenvalue weighted by Crippen LogP contribution is 2.38. The van der Waals surface area contributed by atoms with Crippen LogP contribution in [0.5, 0.6) is 0 Å². The van der Waals surface area contributed by atoms with E-state index in [-0.39, 0.29) is 0 Å². The number of aliphatic imine (C=N–C) groups is 1. The minimum Gasteiger partial charge on any atom is -0.387 e. The summed E-state index contributed by atoms with van der Waals surface area (Å²) < 4.78 is 0. The number of hydrogen-bond acceptors (Lipinski definition) is 3. The maximum atomic E-state index is 4.37. The summed E-state index contributed by atoms with van der Waals surface area (Å²) >= 11 is 0. The Labute approximate surface area is 367 Å². The lowest BCUT2D eigenvalue weighted by Gasteiger charge is -2.16. The number of pyridine rings is 1. The average molecular weight is 806 g/mol. The fraction of sp³-hybridized carbons (Fsp3) is 0.119. The van der Waals surface area contributed by atoms with Gasteiger partial charge in [-0.25, -0.2) is 0 Å². The molecule has 3 nitrogen and oxygen atoms in total. The van der Waals surface area contributed by atoms with Gasteiger partial charge in [0.1, 0.15) is 0 Å². The lowest BCUT2D eigenvalue weighted by atomic mass is 9.89. The quantitative estimate of drug-likeness (QED) is 0.134. The summed E-state index contributed by atoms with van der Waals surface area (Å²) in [5.74, 6) is 0. The lowest BCUT2D eigenvalue weighted by Crippen LogP contribution is -2.08. The Morgan fingerprint density at radius 2 is 1.18 bits per heavy atom. The minimum atomic E-state index is 0.839. The maximum Gasteiger partial charge on any atom is 0.0840 e. The van der Waals surface area contributed by atoms with Crippen molar-refractivity contribution in [2.75, 3.05) is 6.54 Å². The molecule has 10 rings (SSSR count). The van der Waals surface area contributed by atoms with E-state index in [1.54, 1.807) is 0 Å². The molecule has 1 N–H and O–H groups in total. The first-order valence-electron chi connectivity index (χ1n) is 21.7. The second kappa shape index (κ2) is 20.7.